The van der Waals surface area contributed by atoms with Crippen molar-refractivity contribution in [3.63, 3.8) is 0 Å². The van der Waals surface area contributed by atoms with Crippen molar-refractivity contribution < 1.29 is 9.53 Å². The molecule has 0 saturated heterocycles. The van der Waals surface area contributed by atoms with E-state index in [1.807, 2.05) is 31.2 Å². The van der Waals surface area contributed by atoms with Crippen molar-refractivity contribution in [2.75, 3.05) is 6.61 Å². The molecule has 0 atom stereocenters. The molecule has 0 bridgehead atoms. The monoisotopic (exact) mass is 246 g/mol. The highest BCUT2D eigenvalue weighted by molar-refractivity contribution is 5.82. The number of esters is 1. The van der Waals surface area contributed by atoms with Crippen molar-refractivity contribution >= 4 is 5.97 Å². The SMILES string of the molecule is CCOC(=O)/C=C/C(CC)(CC)c1ccccc1. The largest absolute Gasteiger partial charge is 0.463 e. The van der Waals surface area contributed by atoms with Gasteiger partial charge in [0.2, 0.25) is 0 Å². The van der Waals surface area contributed by atoms with Gasteiger partial charge in [0.15, 0.2) is 0 Å². The summed E-state index contributed by atoms with van der Waals surface area (Å²) in [6.45, 7) is 6.52. The molecule has 0 amide bonds. The van der Waals surface area contributed by atoms with Crippen molar-refractivity contribution in [2.24, 2.45) is 0 Å². The molecule has 0 aromatic heterocycles. The number of hydrogen-bond acceptors (Lipinski definition) is 2. The zero-order chi connectivity index (χ0) is 13.4. The Morgan fingerprint density at radius 3 is 2.28 bits per heavy atom. The summed E-state index contributed by atoms with van der Waals surface area (Å²) < 4.78 is 4.94. The van der Waals surface area contributed by atoms with Crippen LogP contribution in [0.1, 0.15) is 39.2 Å². The Labute approximate surface area is 110 Å². The fraction of sp³-hybridized carbons (Fsp3) is 0.438. The summed E-state index contributed by atoms with van der Waals surface area (Å²) in [5.74, 6) is -0.264. The minimum atomic E-state index is -0.264. The smallest absolute Gasteiger partial charge is 0.330 e. The molecular formula is C16H22O2. The van der Waals surface area contributed by atoms with Crippen LogP contribution >= 0.6 is 0 Å². The molecule has 0 N–H and O–H groups in total. The van der Waals surface area contributed by atoms with Gasteiger partial charge in [-0.1, -0.05) is 50.3 Å². The first-order chi connectivity index (χ1) is 8.68. The number of ether oxygens (including phenoxy) is 1. The Morgan fingerprint density at radius 1 is 1.17 bits per heavy atom. The minimum absolute atomic E-state index is 0.0754. The van der Waals surface area contributed by atoms with E-state index >= 15 is 0 Å². The second-order valence-corrected chi connectivity index (χ2v) is 4.31. The lowest BCUT2D eigenvalue weighted by atomic mass is 9.75. The van der Waals surface area contributed by atoms with Gasteiger partial charge < -0.3 is 4.74 Å². The van der Waals surface area contributed by atoms with Gasteiger partial charge in [0.25, 0.3) is 0 Å². The van der Waals surface area contributed by atoms with Crippen molar-refractivity contribution in [2.45, 2.75) is 39.0 Å². The summed E-state index contributed by atoms with van der Waals surface area (Å²) in [6.07, 6.45) is 5.47. The second kappa shape index (κ2) is 7.00. The molecule has 98 valence electrons. The van der Waals surface area contributed by atoms with Gasteiger partial charge in [-0.15, -0.1) is 0 Å². The summed E-state index contributed by atoms with van der Waals surface area (Å²) in [5.41, 5.74) is 1.17. The molecule has 1 aromatic carbocycles. The fourth-order valence-corrected chi connectivity index (χ4v) is 2.18. The van der Waals surface area contributed by atoms with Gasteiger partial charge >= 0.3 is 5.97 Å². The third-order valence-corrected chi connectivity index (χ3v) is 3.44. The lowest BCUT2D eigenvalue weighted by Crippen LogP contribution is -2.22. The van der Waals surface area contributed by atoms with Crippen molar-refractivity contribution in [3.05, 3.63) is 48.0 Å². The molecule has 2 heteroatoms. The maximum absolute atomic E-state index is 11.4. The van der Waals surface area contributed by atoms with E-state index in [1.54, 1.807) is 6.08 Å². The van der Waals surface area contributed by atoms with E-state index in [4.69, 9.17) is 4.74 Å². The van der Waals surface area contributed by atoms with Crippen LogP contribution in [0.25, 0.3) is 0 Å². The zero-order valence-corrected chi connectivity index (χ0v) is 11.5. The van der Waals surface area contributed by atoms with Crippen molar-refractivity contribution in [1.82, 2.24) is 0 Å². The van der Waals surface area contributed by atoms with E-state index in [-0.39, 0.29) is 11.4 Å². The van der Waals surface area contributed by atoms with Crippen LogP contribution in [-0.2, 0) is 14.9 Å². The van der Waals surface area contributed by atoms with Crippen molar-refractivity contribution in [1.29, 1.82) is 0 Å². The lowest BCUT2D eigenvalue weighted by Gasteiger charge is -2.28. The Morgan fingerprint density at radius 2 is 1.78 bits per heavy atom. The normalized spacial score (nSPS) is 11.7. The minimum Gasteiger partial charge on any atom is -0.463 e. The maximum Gasteiger partial charge on any atom is 0.330 e. The molecule has 1 rings (SSSR count). The molecule has 2 nitrogen and oxygen atoms in total. The van der Waals surface area contributed by atoms with Crippen LogP contribution in [0.15, 0.2) is 42.5 Å². The van der Waals surface area contributed by atoms with Crippen LogP contribution in [0, 0.1) is 0 Å². The first-order valence-corrected chi connectivity index (χ1v) is 6.60. The predicted octanol–water partition coefficient (Wildman–Crippen LogP) is 3.86. The Balaban J connectivity index is 2.98. The molecule has 0 spiro atoms. The predicted molar refractivity (Wildman–Crippen MR) is 74.5 cm³/mol. The van der Waals surface area contributed by atoms with Gasteiger partial charge in [0.1, 0.15) is 0 Å². The van der Waals surface area contributed by atoms with E-state index < -0.39 is 0 Å². The van der Waals surface area contributed by atoms with Crippen LogP contribution in [0.5, 0.6) is 0 Å². The van der Waals surface area contributed by atoms with Crippen molar-refractivity contribution in [3.8, 4) is 0 Å². The number of benzene rings is 1. The average molecular weight is 246 g/mol. The Bertz CT molecular complexity index is 389. The Hall–Kier alpha value is -1.57. The second-order valence-electron chi connectivity index (χ2n) is 4.31. The number of carbonyl (C=O) groups excluding carboxylic acids is 1. The quantitative estimate of drug-likeness (QED) is 0.562. The topological polar surface area (TPSA) is 26.3 Å². The third kappa shape index (κ3) is 3.46. The van der Waals surface area contributed by atoms with E-state index in [0.717, 1.165) is 12.8 Å². The third-order valence-electron chi connectivity index (χ3n) is 3.44. The summed E-state index contributed by atoms with van der Waals surface area (Å²) in [4.78, 5) is 11.4. The van der Waals surface area contributed by atoms with Crippen LogP contribution in [-0.4, -0.2) is 12.6 Å². The molecule has 0 unspecified atom stereocenters. The molecule has 1 aromatic rings. The highest BCUT2D eigenvalue weighted by Crippen LogP contribution is 2.33. The zero-order valence-electron chi connectivity index (χ0n) is 11.5. The summed E-state index contributed by atoms with van der Waals surface area (Å²) >= 11 is 0. The Kier molecular flexibility index (Phi) is 5.63. The van der Waals surface area contributed by atoms with Crippen LogP contribution in [0.3, 0.4) is 0 Å². The number of rotatable bonds is 6. The molecule has 0 heterocycles. The number of allylic oxidation sites excluding steroid dienone is 1. The molecule has 18 heavy (non-hydrogen) atoms. The van der Waals surface area contributed by atoms with Gasteiger partial charge in [-0.25, -0.2) is 4.79 Å². The molecule has 0 fully saturated rings. The van der Waals surface area contributed by atoms with E-state index in [1.165, 1.54) is 5.56 Å². The molecule has 0 aliphatic rings. The highest BCUT2D eigenvalue weighted by atomic mass is 16.5. The summed E-state index contributed by atoms with van der Waals surface area (Å²) in [6, 6.07) is 10.3. The molecule has 0 aliphatic heterocycles. The van der Waals surface area contributed by atoms with Gasteiger partial charge in [-0.05, 0) is 25.3 Å². The highest BCUT2D eigenvalue weighted by Gasteiger charge is 2.25. The lowest BCUT2D eigenvalue weighted by molar-refractivity contribution is -0.137. The van der Waals surface area contributed by atoms with E-state index in [2.05, 4.69) is 26.0 Å². The van der Waals surface area contributed by atoms with Crippen LogP contribution in [0.4, 0.5) is 0 Å². The maximum atomic E-state index is 11.4. The van der Waals surface area contributed by atoms with Gasteiger partial charge in [-0.2, -0.15) is 0 Å². The standard InChI is InChI=1S/C16H22O2/c1-4-16(5-2,13-12-15(17)18-6-3)14-10-8-7-9-11-14/h7-13H,4-6H2,1-3H3/b13-12+. The summed E-state index contributed by atoms with van der Waals surface area (Å²) in [7, 11) is 0. The number of hydrogen-bond donors (Lipinski definition) is 0. The summed E-state index contributed by atoms with van der Waals surface area (Å²) in [5, 5.41) is 0. The molecular weight excluding hydrogens is 224 g/mol. The van der Waals surface area contributed by atoms with E-state index in [0.29, 0.717) is 6.61 Å². The molecule has 0 aliphatic carbocycles. The van der Waals surface area contributed by atoms with E-state index in [9.17, 15) is 4.79 Å². The fourth-order valence-electron chi connectivity index (χ4n) is 2.18. The first-order valence-electron chi connectivity index (χ1n) is 6.60. The van der Waals surface area contributed by atoms with Gasteiger partial charge in [0, 0.05) is 11.5 Å². The first kappa shape index (κ1) is 14.5. The number of carbonyl (C=O) groups is 1. The van der Waals surface area contributed by atoms with Gasteiger partial charge in [-0.3, -0.25) is 0 Å². The van der Waals surface area contributed by atoms with Crippen LogP contribution in [0.2, 0.25) is 0 Å². The molecule has 0 saturated carbocycles. The van der Waals surface area contributed by atoms with Crippen LogP contribution < -0.4 is 0 Å². The average Bonchev–Trinajstić information content (AvgIpc) is 2.42. The van der Waals surface area contributed by atoms with Gasteiger partial charge in [0.05, 0.1) is 6.61 Å². The molecule has 0 radical (unpaired) electrons.